The van der Waals surface area contributed by atoms with E-state index in [-0.39, 0.29) is 0 Å². The maximum absolute atomic E-state index is 6.24. The van der Waals surface area contributed by atoms with Crippen LogP contribution in [0.15, 0.2) is 45.2 Å². The molecule has 0 atom stereocenters. The van der Waals surface area contributed by atoms with Crippen molar-refractivity contribution in [2.45, 2.75) is 16.7 Å². The van der Waals surface area contributed by atoms with Crippen molar-refractivity contribution < 1.29 is 9.15 Å². The highest BCUT2D eigenvalue weighted by Crippen LogP contribution is 2.35. The van der Waals surface area contributed by atoms with Gasteiger partial charge in [0.1, 0.15) is 6.26 Å². The van der Waals surface area contributed by atoms with Crippen molar-refractivity contribution >= 4 is 23.4 Å². The molecule has 1 aromatic heterocycles. The van der Waals surface area contributed by atoms with Crippen molar-refractivity contribution in [2.75, 3.05) is 20.3 Å². The fraction of sp³-hybridized carbons (Fsp3) is 0.308. The smallest absolute Gasteiger partial charge is 0.260 e. The van der Waals surface area contributed by atoms with E-state index >= 15 is 0 Å². The average Bonchev–Trinajstić information content (AvgIpc) is 2.91. The SMILES string of the molecule is COCCNCc1cccc(Cl)c1Sc1ncco1. The van der Waals surface area contributed by atoms with Gasteiger partial charge in [0.05, 0.1) is 17.8 Å². The third-order valence-electron chi connectivity index (χ3n) is 2.45. The number of methoxy groups -OCH3 is 1. The molecule has 2 rings (SSSR count). The molecule has 0 unspecified atom stereocenters. The molecule has 2 aromatic rings. The molecule has 1 N–H and O–H groups in total. The van der Waals surface area contributed by atoms with E-state index < -0.39 is 0 Å². The third-order valence-corrected chi connectivity index (χ3v) is 3.94. The predicted molar refractivity (Wildman–Crippen MR) is 75.7 cm³/mol. The van der Waals surface area contributed by atoms with Crippen molar-refractivity contribution in [1.82, 2.24) is 10.3 Å². The Balaban J connectivity index is 2.07. The predicted octanol–water partition coefficient (Wildman–Crippen LogP) is 3.22. The van der Waals surface area contributed by atoms with E-state index in [9.17, 15) is 0 Å². The lowest BCUT2D eigenvalue weighted by atomic mass is 10.2. The maximum Gasteiger partial charge on any atom is 0.260 e. The number of benzene rings is 1. The van der Waals surface area contributed by atoms with Crippen LogP contribution in [0.4, 0.5) is 0 Å². The Bertz CT molecular complexity index is 505. The average molecular weight is 299 g/mol. The first-order valence-corrected chi connectivity index (χ1v) is 7.05. The number of halogens is 1. The molecule has 0 fully saturated rings. The summed E-state index contributed by atoms with van der Waals surface area (Å²) in [6.07, 6.45) is 3.17. The number of hydrogen-bond acceptors (Lipinski definition) is 5. The van der Waals surface area contributed by atoms with Gasteiger partial charge in [0.25, 0.3) is 5.22 Å². The summed E-state index contributed by atoms with van der Waals surface area (Å²) in [5.74, 6) is 0. The standard InChI is InChI=1S/C13H15ClN2O2S/c1-17-7-5-15-9-10-3-2-4-11(14)12(10)19-13-16-6-8-18-13/h2-4,6,8,15H,5,7,9H2,1H3. The van der Waals surface area contributed by atoms with Crippen molar-refractivity contribution in [3.63, 3.8) is 0 Å². The van der Waals surface area contributed by atoms with E-state index in [0.717, 1.165) is 23.5 Å². The van der Waals surface area contributed by atoms with Crippen molar-refractivity contribution in [2.24, 2.45) is 0 Å². The first-order valence-electron chi connectivity index (χ1n) is 5.85. The fourth-order valence-corrected chi connectivity index (χ4v) is 2.69. The number of oxazole rings is 1. The van der Waals surface area contributed by atoms with Gasteiger partial charge in [-0.05, 0) is 23.4 Å². The van der Waals surface area contributed by atoms with E-state index in [0.29, 0.717) is 16.9 Å². The van der Waals surface area contributed by atoms with Gasteiger partial charge < -0.3 is 14.5 Å². The topological polar surface area (TPSA) is 47.3 Å². The minimum Gasteiger partial charge on any atom is -0.440 e. The van der Waals surface area contributed by atoms with Gasteiger partial charge in [-0.25, -0.2) is 4.98 Å². The summed E-state index contributed by atoms with van der Waals surface area (Å²) in [5, 5.41) is 4.59. The molecule has 1 heterocycles. The molecule has 0 bridgehead atoms. The van der Waals surface area contributed by atoms with Gasteiger partial charge in [-0.3, -0.25) is 0 Å². The maximum atomic E-state index is 6.24. The van der Waals surface area contributed by atoms with Crippen LogP contribution in [0.2, 0.25) is 5.02 Å². The van der Waals surface area contributed by atoms with E-state index in [1.54, 1.807) is 19.6 Å². The first kappa shape index (κ1) is 14.4. The second-order valence-electron chi connectivity index (χ2n) is 3.80. The van der Waals surface area contributed by atoms with Gasteiger partial charge in [-0.1, -0.05) is 23.7 Å². The number of ether oxygens (including phenoxy) is 1. The van der Waals surface area contributed by atoms with Crippen LogP contribution in [-0.4, -0.2) is 25.2 Å². The largest absolute Gasteiger partial charge is 0.440 e. The summed E-state index contributed by atoms with van der Waals surface area (Å²) in [7, 11) is 1.69. The molecular weight excluding hydrogens is 284 g/mol. The number of rotatable bonds is 7. The van der Waals surface area contributed by atoms with Crippen LogP contribution in [0.3, 0.4) is 0 Å². The van der Waals surface area contributed by atoms with Crippen molar-refractivity contribution in [3.8, 4) is 0 Å². The molecule has 1 aromatic carbocycles. The lowest BCUT2D eigenvalue weighted by Crippen LogP contribution is -2.18. The van der Waals surface area contributed by atoms with Gasteiger partial charge >= 0.3 is 0 Å². The van der Waals surface area contributed by atoms with Gasteiger partial charge in [-0.2, -0.15) is 0 Å². The van der Waals surface area contributed by atoms with Crippen molar-refractivity contribution in [3.05, 3.63) is 41.2 Å². The Kier molecular flexibility index (Phi) is 5.72. The summed E-state index contributed by atoms with van der Waals surface area (Å²) in [4.78, 5) is 5.07. The van der Waals surface area contributed by atoms with Crippen LogP contribution in [0.1, 0.15) is 5.56 Å². The molecule has 0 aliphatic rings. The molecule has 102 valence electrons. The lowest BCUT2D eigenvalue weighted by Gasteiger charge is -2.10. The van der Waals surface area contributed by atoms with Crippen LogP contribution in [0, 0.1) is 0 Å². The van der Waals surface area contributed by atoms with Crippen LogP contribution in [0.25, 0.3) is 0 Å². The highest BCUT2D eigenvalue weighted by atomic mass is 35.5. The first-order chi connectivity index (χ1) is 9.31. The van der Waals surface area contributed by atoms with Gasteiger partial charge in [0, 0.05) is 25.1 Å². The van der Waals surface area contributed by atoms with Crippen LogP contribution >= 0.6 is 23.4 Å². The molecule has 0 amide bonds. The van der Waals surface area contributed by atoms with Gasteiger partial charge in [0.15, 0.2) is 0 Å². The summed E-state index contributed by atoms with van der Waals surface area (Å²) in [6.45, 7) is 2.21. The molecular formula is C13H15ClN2O2S. The van der Waals surface area contributed by atoms with Crippen molar-refractivity contribution in [1.29, 1.82) is 0 Å². The summed E-state index contributed by atoms with van der Waals surface area (Å²) in [6, 6.07) is 5.84. The van der Waals surface area contributed by atoms with Crippen LogP contribution in [-0.2, 0) is 11.3 Å². The Morgan fingerprint density at radius 3 is 3.11 bits per heavy atom. The van der Waals surface area contributed by atoms with Gasteiger partial charge in [-0.15, -0.1) is 0 Å². The third kappa shape index (κ3) is 4.24. The van der Waals surface area contributed by atoms with E-state index in [4.69, 9.17) is 20.8 Å². The second-order valence-corrected chi connectivity index (χ2v) is 5.17. The molecule has 0 saturated heterocycles. The van der Waals surface area contributed by atoms with E-state index in [2.05, 4.69) is 10.3 Å². The van der Waals surface area contributed by atoms with Gasteiger partial charge in [0.2, 0.25) is 0 Å². The highest BCUT2D eigenvalue weighted by molar-refractivity contribution is 7.99. The monoisotopic (exact) mass is 298 g/mol. The lowest BCUT2D eigenvalue weighted by molar-refractivity contribution is 0.199. The number of nitrogens with zero attached hydrogens (tertiary/aromatic N) is 1. The zero-order valence-corrected chi connectivity index (χ0v) is 12.1. The van der Waals surface area contributed by atoms with Crippen LogP contribution < -0.4 is 5.32 Å². The molecule has 0 saturated carbocycles. The highest BCUT2D eigenvalue weighted by Gasteiger charge is 2.11. The molecule has 0 aliphatic heterocycles. The Hall–Kier alpha value is -1.01. The molecule has 6 heteroatoms. The van der Waals surface area contributed by atoms with E-state index in [1.165, 1.54) is 11.8 Å². The van der Waals surface area contributed by atoms with E-state index in [1.807, 2.05) is 18.2 Å². The Labute approximate surface area is 121 Å². The normalized spacial score (nSPS) is 10.8. The summed E-state index contributed by atoms with van der Waals surface area (Å²) in [5.41, 5.74) is 1.12. The summed E-state index contributed by atoms with van der Waals surface area (Å²) >= 11 is 7.67. The quantitative estimate of drug-likeness (QED) is 0.795. The Morgan fingerprint density at radius 1 is 1.47 bits per heavy atom. The molecule has 0 radical (unpaired) electrons. The molecule has 19 heavy (non-hydrogen) atoms. The second kappa shape index (κ2) is 7.55. The Morgan fingerprint density at radius 2 is 2.37 bits per heavy atom. The molecule has 0 spiro atoms. The number of hydrogen-bond donors (Lipinski definition) is 1. The zero-order valence-electron chi connectivity index (χ0n) is 10.6. The van der Waals surface area contributed by atoms with Crippen LogP contribution in [0.5, 0.6) is 0 Å². The number of aromatic nitrogens is 1. The minimum absolute atomic E-state index is 0.589. The number of nitrogens with one attached hydrogen (secondary N) is 1. The molecule has 4 nitrogen and oxygen atoms in total. The molecule has 0 aliphatic carbocycles. The fourth-order valence-electron chi connectivity index (χ4n) is 1.55. The minimum atomic E-state index is 0.589. The summed E-state index contributed by atoms with van der Waals surface area (Å²) < 4.78 is 10.2. The zero-order chi connectivity index (χ0) is 13.5.